The Bertz CT molecular complexity index is 385. The van der Waals surface area contributed by atoms with E-state index in [2.05, 4.69) is 43.9 Å². The number of hydrogen-bond donors (Lipinski definition) is 1. The molecule has 0 amide bonds. The second-order valence-corrected chi connectivity index (χ2v) is 5.82. The Kier molecular flexibility index (Phi) is 8.40. The number of ether oxygens (including phenoxy) is 1. The van der Waals surface area contributed by atoms with Crippen molar-refractivity contribution in [2.45, 2.75) is 58.5 Å². The number of nitrogens with two attached hydrogens (primary N) is 1. The predicted octanol–water partition coefficient (Wildman–Crippen LogP) is 3.99. The fraction of sp³-hybridized carbons (Fsp3) is 0.667. The van der Waals surface area contributed by atoms with Crippen LogP contribution in [0.1, 0.15) is 58.1 Å². The molecule has 0 spiro atoms. The number of hydrogen-bond acceptors (Lipinski definition) is 3. The molecule has 0 aliphatic rings. The number of methoxy groups -OCH3 is 1. The highest BCUT2D eigenvalue weighted by Gasteiger charge is 2.23. The van der Waals surface area contributed by atoms with E-state index in [9.17, 15) is 0 Å². The van der Waals surface area contributed by atoms with Crippen molar-refractivity contribution in [2.24, 2.45) is 5.73 Å². The van der Waals surface area contributed by atoms with Crippen LogP contribution in [0.15, 0.2) is 24.3 Å². The molecule has 2 atom stereocenters. The van der Waals surface area contributed by atoms with Crippen LogP contribution in [0, 0.1) is 0 Å². The summed E-state index contributed by atoms with van der Waals surface area (Å²) < 4.78 is 5.37. The standard InChI is InChI=1S/C18H32N2O/c1-5-7-12-20(13-8-6-2)18(15(3)19)16-10-9-11-17(14-16)21-4/h9-11,14-15,18H,5-8,12-13,19H2,1-4H3. The van der Waals surface area contributed by atoms with E-state index >= 15 is 0 Å². The molecule has 0 saturated heterocycles. The van der Waals surface area contributed by atoms with Gasteiger partial charge < -0.3 is 10.5 Å². The second kappa shape index (κ2) is 9.80. The third kappa shape index (κ3) is 5.68. The first-order valence-corrected chi connectivity index (χ1v) is 8.27. The summed E-state index contributed by atoms with van der Waals surface area (Å²) in [4.78, 5) is 2.55. The summed E-state index contributed by atoms with van der Waals surface area (Å²) in [6.07, 6.45) is 4.87. The van der Waals surface area contributed by atoms with Gasteiger partial charge in [-0.15, -0.1) is 0 Å². The van der Waals surface area contributed by atoms with Crippen molar-refractivity contribution in [2.75, 3.05) is 20.2 Å². The smallest absolute Gasteiger partial charge is 0.119 e. The zero-order valence-electron chi connectivity index (χ0n) is 14.1. The summed E-state index contributed by atoms with van der Waals surface area (Å²) in [5.41, 5.74) is 7.58. The lowest BCUT2D eigenvalue weighted by molar-refractivity contribution is 0.171. The Morgan fingerprint density at radius 2 is 1.76 bits per heavy atom. The van der Waals surface area contributed by atoms with Crippen LogP contribution < -0.4 is 10.5 Å². The van der Waals surface area contributed by atoms with Crippen LogP contribution >= 0.6 is 0 Å². The van der Waals surface area contributed by atoms with Crippen LogP contribution in [-0.4, -0.2) is 31.1 Å². The summed E-state index contributed by atoms with van der Waals surface area (Å²) >= 11 is 0. The lowest BCUT2D eigenvalue weighted by Gasteiger charge is -2.35. The molecule has 0 aliphatic heterocycles. The molecule has 0 radical (unpaired) electrons. The third-order valence-electron chi connectivity index (χ3n) is 3.92. The van der Waals surface area contributed by atoms with E-state index in [1.807, 2.05) is 6.07 Å². The Labute approximate surface area is 130 Å². The minimum absolute atomic E-state index is 0.103. The highest BCUT2D eigenvalue weighted by atomic mass is 16.5. The van der Waals surface area contributed by atoms with Gasteiger partial charge in [0.25, 0.3) is 0 Å². The van der Waals surface area contributed by atoms with Crippen molar-refractivity contribution in [1.29, 1.82) is 0 Å². The average molecular weight is 292 g/mol. The fourth-order valence-electron chi connectivity index (χ4n) is 2.78. The Balaban J connectivity index is 2.98. The van der Waals surface area contributed by atoms with E-state index in [1.54, 1.807) is 7.11 Å². The molecule has 0 heterocycles. The van der Waals surface area contributed by atoms with Gasteiger partial charge in [0.2, 0.25) is 0 Å². The van der Waals surface area contributed by atoms with Gasteiger partial charge in [0, 0.05) is 12.1 Å². The predicted molar refractivity (Wildman–Crippen MR) is 90.8 cm³/mol. The topological polar surface area (TPSA) is 38.5 Å². The van der Waals surface area contributed by atoms with Crippen molar-refractivity contribution in [3.63, 3.8) is 0 Å². The molecule has 120 valence electrons. The van der Waals surface area contributed by atoms with E-state index < -0.39 is 0 Å². The maximum atomic E-state index is 6.32. The van der Waals surface area contributed by atoms with E-state index in [1.165, 1.54) is 31.2 Å². The Morgan fingerprint density at radius 3 is 2.24 bits per heavy atom. The number of rotatable bonds is 10. The fourth-order valence-corrected chi connectivity index (χ4v) is 2.78. The average Bonchev–Trinajstić information content (AvgIpc) is 2.49. The first-order valence-electron chi connectivity index (χ1n) is 8.27. The molecule has 2 N–H and O–H groups in total. The molecule has 1 rings (SSSR count). The number of unbranched alkanes of at least 4 members (excludes halogenated alkanes) is 2. The maximum absolute atomic E-state index is 6.32. The molecule has 1 aromatic rings. The van der Waals surface area contributed by atoms with Crippen LogP contribution in [-0.2, 0) is 0 Å². The minimum atomic E-state index is 0.103. The largest absolute Gasteiger partial charge is 0.497 e. The molecule has 0 fully saturated rings. The van der Waals surface area contributed by atoms with E-state index in [0.717, 1.165) is 18.8 Å². The van der Waals surface area contributed by atoms with Crippen LogP contribution in [0.4, 0.5) is 0 Å². The highest BCUT2D eigenvalue weighted by molar-refractivity contribution is 5.31. The van der Waals surface area contributed by atoms with E-state index in [-0.39, 0.29) is 12.1 Å². The highest BCUT2D eigenvalue weighted by Crippen LogP contribution is 2.27. The van der Waals surface area contributed by atoms with Crippen molar-refractivity contribution >= 4 is 0 Å². The zero-order valence-corrected chi connectivity index (χ0v) is 14.1. The molecule has 21 heavy (non-hydrogen) atoms. The summed E-state index contributed by atoms with van der Waals surface area (Å²) in [6, 6.07) is 8.70. The normalized spacial score (nSPS) is 14.2. The second-order valence-electron chi connectivity index (χ2n) is 5.82. The molecule has 0 saturated carbocycles. The van der Waals surface area contributed by atoms with Gasteiger partial charge in [-0.25, -0.2) is 0 Å². The summed E-state index contributed by atoms with van der Waals surface area (Å²) in [5.74, 6) is 0.907. The van der Waals surface area contributed by atoms with Crippen LogP contribution in [0.25, 0.3) is 0 Å². The minimum Gasteiger partial charge on any atom is -0.497 e. The van der Waals surface area contributed by atoms with Crippen LogP contribution in [0.2, 0.25) is 0 Å². The molecular formula is C18H32N2O. The molecule has 2 unspecified atom stereocenters. The Hall–Kier alpha value is -1.06. The van der Waals surface area contributed by atoms with Crippen LogP contribution in [0.3, 0.4) is 0 Å². The van der Waals surface area contributed by atoms with Crippen molar-refractivity contribution in [3.8, 4) is 5.75 Å². The zero-order chi connectivity index (χ0) is 15.7. The lowest BCUT2D eigenvalue weighted by atomic mass is 9.98. The van der Waals surface area contributed by atoms with Gasteiger partial charge in [0.1, 0.15) is 5.75 Å². The lowest BCUT2D eigenvalue weighted by Crippen LogP contribution is -2.40. The SMILES string of the molecule is CCCCN(CCCC)C(c1cccc(OC)c1)C(C)N. The quantitative estimate of drug-likeness (QED) is 0.709. The molecule has 0 aromatic heterocycles. The summed E-state index contributed by atoms with van der Waals surface area (Å²) in [6.45, 7) is 8.81. The van der Waals surface area contributed by atoms with Gasteiger partial charge in [-0.2, -0.15) is 0 Å². The first kappa shape index (κ1) is 18.0. The first-order chi connectivity index (χ1) is 10.1. The van der Waals surface area contributed by atoms with Crippen LogP contribution in [0.5, 0.6) is 5.75 Å². The molecule has 3 nitrogen and oxygen atoms in total. The van der Waals surface area contributed by atoms with E-state index in [4.69, 9.17) is 10.5 Å². The number of benzene rings is 1. The Morgan fingerprint density at radius 1 is 1.14 bits per heavy atom. The van der Waals surface area contributed by atoms with Gasteiger partial charge in [-0.05, 0) is 50.6 Å². The van der Waals surface area contributed by atoms with Crippen molar-refractivity contribution in [1.82, 2.24) is 4.90 Å². The molecule has 3 heteroatoms. The van der Waals surface area contributed by atoms with Gasteiger partial charge in [-0.3, -0.25) is 4.90 Å². The third-order valence-corrected chi connectivity index (χ3v) is 3.92. The van der Waals surface area contributed by atoms with Gasteiger partial charge in [0.15, 0.2) is 0 Å². The van der Waals surface area contributed by atoms with Crippen molar-refractivity contribution in [3.05, 3.63) is 29.8 Å². The molecule has 0 bridgehead atoms. The van der Waals surface area contributed by atoms with E-state index in [0.29, 0.717) is 0 Å². The van der Waals surface area contributed by atoms with Gasteiger partial charge in [0.05, 0.1) is 7.11 Å². The monoisotopic (exact) mass is 292 g/mol. The summed E-state index contributed by atoms with van der Waals surface area (Å²) in [5, 5.41) is 0. The van der Waals surface area contributed by atoms with Gasteiger partial charge in [-0.1, -0.05) is 38.8 Å². The summed E-state index contributed by atoms with van der Waals surface area (Å²) in [7, 11) is 1.71. The van der Waals surface area contributed by atoms with Gasteiger partial charge >= 0.3 is 0 Å². The molecular weight excluding hydrogens is 260 g/mol. The molecule has 0 aliphatic carbocycles. The maximum Gasteiger partial charge on any atom is 0.119 e. The molecule has 1 aromatic carbocycles. The number of nitrogens with zero attached hydrogens (tertiary/aromatic N) is 1. The van der Waals surface area contributed by atoms with Crippen molar-refractivity contribution < 1.29 is 4.74 Å².